The van der Waals surface area contributed by atoms with Gasteiger partial charge in [0.15, 0.2) is 0 Å². The van der Waals surface area contributed by atoms with E-state index in [-0.39, 0.29) is 35.3 Å². The maximum atomic E-state index is 11.6. The molecule has 0 aliphatic carbocycles. The second-order valence-corrected chi connectivity index (χ2v) is 3.80. The average molecular weight is 354 g/mol. The second-order valence-electron chi connectivity index (χ2n) is 3.80. The van der Waals surface area contributed by atoms with E-state index in [2.05, 4.69) is 15.2 Å². The summed E-state index contributed by atoms with van der Waals surface area (Å²) in [6.45, 7) is 0. The Labute approximate surface area is 144 Å². The number of aromatic nitrogens is 1. The second kappa shape index (κ2) is 11.2. The van der Waals surface area contributed by atoms with Gasteiger partial charge in [0.05, 0.1) is 13.3 Å². The van der Waals surface area contributed by atoms with Gasteiger partial charge in [-0.1, -0.05) is 17.9 Å². The van der Waals surface area contributed by atoms with Crippen LogP contribution in [0.15, 0.2) is 52.9 Å². The van der Waals surface area contributed by atoms with Crippen LogP contribution in [0, 0.1) is 0 Å². The first-order valence-corrected chi connectivity index (χ1v) is 5.74. The minimum atomic E-state index is -0.523. The summed E-state index contributed by atoms with van der Waals surface area (Å²) in [5.74, 6) is -0.215. The van der Waals surface area contributed by atoms with E-state index in [4.69, 9.17) is 4.74 Å². The standard InChI is InChI=1S/C14H13N3O3.2H2O.V/c1-20-12-4-5-13(18)11(7-12)9-16-17-14(19)10-3-2-6-15-8-10;;;/h2-9,18H,1H3,(H,17,19);2*1H2;/q;;;+4/p-4/b16-9+;;;. The number of methoxy groups -OCH3 is 1. The molecule has 0 bridgehead atoms. The number of hydrogen-bond acceptors (Lipinski definition) is 8. The topological polar surface area (TPSA) is 153 Å². The van der Waals surface area contributed by atoms with Crippen LogP contribution >= 0.6 is 0 Å². The summed E-state index contributed by atoms with van der Waals surface area (Å²) < 4.78 is 5.00. The molecular formula is C14H13N3O5V. The molecule has 0 amide bonds. The Kier molecular flexibility index (Phi) is 11.2. The smallest absolute Gasteiger partial charge is 0.872 e. The predicted molar refractivity (Wildman–Crippen MR) is 74.7 cm³/mol. The third kappa shape index (κ3) is 6.49. The number of pyridine rings is 1. The van der Waals surface area contributed by atoms with Gasteiger partial charge in [0, 0.05) is 23.9 Å². The van der Waals surface area contributed by atoms with Gasteiger partial charge < -0.3 is 25.9 Å². The van der Waals surface area contributed by atoms with Crippen LogP contribution in [-0.2, 0) is 18.6 Å². The Morgan fingerprint density at radius 3 is 2.61 bits per heavy atom. The van der Waals surface area contributed by atoms with Crippen molar-refractivity contribution in [1.82, 2.24) is 4.98 Å². The number of ether oxygens (including phenoxy) is 1. The predicted octanol–water partition coefficient (Wildman–Crippen LogP) is -0.0513. The van der Waals surface area contributed by atoms with Crippen LogP contribution in [0.5, 0.6) is 11.5 Å². The van der Waals surface area contributed by atoms with Crippen LogP contribution in [-0.4, -0.2) is 35.2 Å². The van der Waals surface area contributed by atoms with E-state index in [1.807, 2.05) is 0 Å². The van der Waals surface area contributed by atoms with Gasteiger partial charge in [0.25, 0.3) is 0 Å². The molecular weight excluding hydrogens is 341 g/mol. The number of benzene rings is 1. The fourth-order valence-electron chi connectivity index (χ4n) is 1.44. The first-order valence-electron chi connectivity index (χ1n) is 5.74. The molecule has 0 fully saturated rings. The monoisotopic (exact) mass is 354 g/mol. The van der Waals surface area contributed by atoms with E-state index in [0.717, 1.165) is 0 Å². The summed E-state index contributed by atoms with van der Waals surface area (Å²) in [4.78, 5) is 3.81. The van der Waals surface area contributed by atoms with Crippen LogP contribution in [0.1, 0.15) is 11.1 Å². The van der Waals surface area contributed by atoms with Crippen LogP contribution in [0.4, 0.5) is 0 Å². The fourth-order valence-corrected chi connectivity index (χ4v) is 1.44. The van der Waals surface area contributed by atoms with E-state index in [1.165, 1.54) is 31.7 Å². The summed E-state index contributed by atoms with van der Waals surface area (Å²) >= 11 is 0. The van der Waals surface area contributed by atoms with E-state index in [0.29, 0.717) is 16.9 Å². The molecule has 0 unspecified atom stereocenters. The van der Waals surface area contributed by atoms with Gasteiger partial charge in [0.1, 0.15) is 5.75 Å². The van der Waals surface area contributed by atoms with Crippen molar-refractivity contribution in [2.24, 2.45) is 10.2 Å². The number of rotatable bonds is 4. The van der Waals surface area contributed by atoms with Gasteiger partial charge in [-0.05, 0) is 23.8 Å². The van der Waals surface area contributed by atoms with Crippen molar-refractivity contribution in [1.29, 1.82) is 0 Å². The first-order chi connectivity index (χ1) is 9.70. The molecule has 1 aromatic carbocycles. The van der Waals surface area contributed by atoms with Crippen molar-refractivity contribution in [3.05, 3.63) is 53.9 Å². The van der Waals surface area contributed by atoms with Crippen molar-refractivity contribution in [2.45, 2.75) is 0 Å². The molecule has 0 aliphatic rings. The summed E-state index contributed by atoms with van der Waals surface area (Å²) in [7, 11) is 1.50. The van der Waals surface area contributed by atoms with E-state index in [1.54, 1.807) is 24.4 Å². The van der Waals surface area contributed by atoms with Gasteiger partial charge >= 0.3 is 18.6 Å². The van der Waals surface area contributed by atoms with Crippen molar-refractivity contribution < 1.29 is 44.5 Å². The Morgan fingerprint density at radius 2 is 2.00 bits per heavy atom. The Hall–Kier alpha value is -2.39. The third-order valence-corrected chi connectivity index (χ3v) is 2.47. The molecule has 2 rings (SSSR count). The third-order valence-electron chi connectivity index (χ3n) is 2.47. The summed E-state index contributed by atoms with van der Waals surface area (Å²) in [5, 5.41) is 30.3. The molecule has 0 spiro atoms. The van der Waals surface area contributed by atoms with E-state index < -0.39 is 5.90 Å². The zero-order valence-corrected chi connectivity index (χ0v) is 13.4. The van der Waals surface area contributed by atoms with Gasteiger partial charge in [-0.3, -0.25) is 4.98 Å². The first kappa shape index (κ1) is 22.9. The summed E-state index contributed by atoms with van der Waals surface area (Å²) in [6, 6.07) is 7.65. The van der Waals surface area contributed by atoms with Crippen LogP contribution in [0.25, 0.3) is 0 Å². The number of hydrogen-bond donors (Lipinski definition) is 0. The van der Waals surface area contributed by atoms with Crippen LogP contribution < -0.4 is 14.9 Å². The molecule has 1 heterocycles. The van der Waals surface area contributed by atoms with Gasteiger partial charge in [-0.2, -0.15) is 10.2 Å². The van der Waals surface area contributed by atoms with Gasteiger partial charge in [-0.25, -0.2) is 0 Å². The molecule has 0 atom stereocenters. The Morgan fingerprint density at radius 1 is 1.26 bits per heavy atom. The minimum Gasteiger partial charge on any atom is -0.872 e. The molecule has 1 radical (unpaired) electrons. The maximum absolute atomic E-state index is 11.6. The molecule has 9 heteroatoms. The molecule has 0 aliphatic heterocycles. The Bertz CT molecular complexity index is 650. The molecule has 2 N–H and O–H groups in total. The molecule has 2 aromatic rings. The van der Waals surface area contributed by atoms with Gasteiger partial charge in [-0.15, -0.1) is 0 Å². The molecule has 119 valence electrons. The molecule has 8 nitrogen and oxygen atoms in total. The SMILES string of the molecule is COc1ccc([O-])c(/C=N/N=C(\[O-])c2cccnc2)c1.[OH-].[OH-].[V+4]. The van der Waals surface area contributed by atoms with E-state index in [9.17, 15) is 10.2 Å². The van der Waals surface area contributed by atoms with Gasteiger partial charge in [0.2, 0.25) is 0 Å². The molecule has 1 aromatic heterocycles. The van der Waals surface area contributed by atoms with Crippen molar-refractivity contribution in [3.8, 4) is 11.5 Å². The zero-order valence-electron chi connectivity index (χ0n) is 12.0. The largest absolute Gasteiger partial charge is 4.00 e. The van der Waals surface area contributed by atoms with Crippen molar-refractivity contribution >= 4 is 12.1 Å². The Balaban J connectivity index is 0. The summed E-state index contributed by atoms with van der Waals surface area (Å²) in [5.41, 5.74) is 0.629. The normalized spacial score (nSPS) is 10.2. The minimum absolute atomic E-state index is 0. The van der Waals surface area contributed by atoms with Crippen LogP contribution in [0.2, 0.25) is 0 Å². The maximum Gasteiger partial charge on any atom is 4.00 e. The fraction of sp³-hybridized carbons (Fsp3) is 0.0714. The van der Waals surface area contributed by atoms with E-state index >= 15 is 0 Å². The summed E-state index contributed by atoms with van der Waals surface area (Å²) in [6.07, 6.45) is 4.17. The molecule has 0 saturated heterocycles. The zero-order chi connectivity index (χ0) is 14.4. The van der Waals surface area contributed by atoms with Crippen molar-refractivity contribution in [2.75, 3.05) is 7.11 Å². The average Bonchev–Trinajstić information content (AvgIpc) is 2.50. The van der Waals surface area contributed by atoms with Crippen molar-refractivity contribution in [3.63, 3.8) is 0 Å². The number of nitrogens with zero attached hydrogens (tertiary/aromatic N) is 3. The van der Waals surface area contributed by atoms with Crippen LogP contribution in [0.3, 0.4) is 0 Å². The quantitative estimate of drug-likeness (QED) is 0.426. The molecule has 23 heavy (non-hydrogen) atoms. The molecule has 0 saturated carbocycles.